The summed E-state index contributed by atoms with van der Waals surface area (Å²) in [6.07, 6.45) is 4.02. The van der Waals surface area contributed by atoms with Crippen molar-refractivity contribution in [2.24, 2.45) is 0 Å². The Morgan fingerprint density at radius 3 is 2.19 bits per heavy atom. The Morgan fingerprint density at radius 2 is 1.37 bits per heavy atom. The molecule has 43 heavy (non-hydrogen) atoms. The van der Waals surface area contributed by atoms with Crippen LogP contribution < -0.4 is 0 Å². The van der Waals surface area contributed by atoms with Crippen LogP contribution in [0.4, 0.5) is 0 Å². The van der Waals surface area contributed by atoms with Crippen molar-refractivity contribution in [1.29, 1.82) is 0 Å². The minimum absolute atomic E-state index is 0. The zero-order valence-electron chi connectivity index (χ0n) is 23.2. The van der Waals surface area contributed by atoms with Gasteiger partial charge < -0.3 is 4.57 Å². The molecule has 0 fully saturated rings. The van der Waals surface area contributed by atoms with Gasteiger partial charge in [-0.05, 0) is 48.2 Å². The monoisotopic (exact) mass is 752 g/mol. The molecule has 3 heterocycles. The maximum absolute atomic E-state index is 4.72. The zero-order chi connectivity index (χ0) is 28.0. The number of pyridine rings is 1. The number of hydrogen-bond acceptors (Lipinski definition) is 2. The van der Waals surface area contributed by atoms with E-state index in [0.717, 1.165) is 49.1 Å². The van der Waals surface area contributed by atoms with Gasteiger partial charge in [-0.2, -0.15) is 28.8 Å². The van der Waals surface area contributed by atoms with E-state index in [1.807, 2.05) is 18.3 Å². The van der Waals surface area contributed by atoms with Crippen molar-refractivity contribution in [2.75, 3.05) is 0 Å². The molecule has 0 spiro atoms. The minimum atomic E-state index is 0. The van der Waals surface area contributed by atoms with Gasteiger partial charge in [0.05, 0.1) is 0 Å². The predicted molar refractivity (Wildman–Crippen MR) is 172 cm³/mol. The smallest absolute Gasteiger partial charge is 0.168 e. The van der Waals surface area contributed by atoms with Crippen LogP contribution in [0.3, 0.4) is 0 Å². The number of rotatable bonds is 5. The molecule has 3 aromatic heterocycles. The van der Waals surface area contributed by atoms with Gasteiger partial charge in [-0.3, -0.25) is 0 Å². The Bertz CT molecular complexity index is 2250. The van der Waals surface area contributed by atoms with Crippen molar-refractivity contribution in [2.45, 2.75) is 16.7 Å². The molecule has 8 aromatic rings. The Balaban J connectivity index is 0.00000300. The number of fused-ring (bicyclic) bond motifs is 4. The second-order valence-electron chi connectivity index (χ2n) is 10.3. The third-order valence-electron chi connectivity index (χ3n) is 7.59. The molecule has 0 aliphatic heterocycles. The van der Waals surface area contributed by atoms with Crippen molar-refractivity contribution in [3.8, 4) is 17.2 Å². The van der Waals surface area contributed by atoms with Crippen LogP contribution in [0.1, 0.15) is 5.56 Å². The summed E-state index contributed by atoms with van der Waals surface area (Å²) in [6.45, 7) is 2.10. The topological polar surface area (TPSA) is 27.7 Å². The fourth-order valence-corrected chi connectivity index (χ4v) is 6.49. The van der Waals surface area contributed by atoms with E-state index < -0.39 is 0 Å². The van der Waals surface area contributed by atoms with Crippen molar-refractivity contribution >= 4 is 44.6 Å². The minimum Gasteiger partial charge on any atom is -0.319 e. The van der Waals surface area contributed by atoms with E-state index in [2.05, 4.69) is 148 Å². The van der Waals surface area contributed by atoms with Gasteiger partial charge in [0.25, 0.3) is 0 Å². The summed E-state index contributed by atoms with van der Waals surface area (Å²) in [4.78, 5) is 6.78. The van der Waals surface area contributed by atoms with E-state index in [1.165, 1.54) is 16.3 Å². The SMILES string of the molecule is Cc1ccnc(-n2c3[c-]c(Sc4[c-]c(-n5[cH+]n(-c6ccccc6)c6ccccc65)ccc4)ccc3c3ccccc32)c1.[Pt]. The van der Waals surface area contributed by atoms with Gasteiger partial charge in [0.15, 0.2) is 17.4 Å². The quantitative estimate of drug-likeness (QED) is 0.164. The molecule has 0 saturated heterocycles. The second kappa shape index (κ2) is 11.3. The molecule has 0 atom stereocenters. The second-order valence-corrected chi connectivity index (χ2v) is 11.4. The van der Waals surface area contributed by atoms with Gasteiger partial charge in [0.2, 0.25) is 0 Å². The van der Waals surface area contributed by atoms with Crippen molar-refractivity contribution in [3.63, 3.8) is 0 Å². The largest absolute Gasteiger partial charge is 0.319 e. The summed E-state index contributed by atoms with van der Waals surface area (Å²) in [7, 11) is 0. The fraction of sp³-hybridized carbons (Fsp3) is 0.0270. The summed E-state index contributed by atoms with van der Waals surface area (Å²) in [5, 5.41) is 2.36. The van der Waals surface area contributed by atoms with Crippen LogP contribution in [0.15, 0.2) is 144 Å². The molecule has 210 valence electrons. The van der Waals surface area contributed by atoms with Crippen LogP contribution in [0.2, 0.25) is 0 Å². The number of nitrogens with zero attached hydrogens (tertiary/aromatic N) is 4. The molecule has 0 N–H and O–H groups in total. The van der Waals surface area contributed by atoms with Crippen molar-refractivity contribution in [3.05, 3.63) is 152 Å². The molecule has 0 radical (unpaired) electrons. The third-order valence-corrected chi connectivity index (χ3v) is 8.50. The number of para-hydroxylation sites is 4. The first-order chi connectivity index (χ1) is 20.7. The molecule has 0 bridgehead atoms. The van der Waals surface area contributed by atoms with Gasteiger partial charge >= 0.3 is 0 Å². The van der Waals surface area contributed by atoms with E-state index in [0.29, 0.717) is 0 Å². The molecule has 0 unspecified atom stereocenters. The van der Waals surface area contributed by atoms with Crippen LogP contribution in [-0.4, -0.2) is 18.7 Å². The van der Waals surface area contributed by atoms with Gasteiger partial charge in [-0.15, -0.1) is 40.2 Å². The van der Waals surface area contributed by atoms with Crippen LogP contribution >= 0.6 is 11.8 Å². The standard InChI is InChI=1S/C37H25N4S.Pt/c1-26-20-21-38-37(22-26)41-33-15-6-5-14-31(33)32-19-18-30(24-36(32)41)42-29-13-9-12-28(23-29)40-25-39(27-10-3-2-4-11-27)34-16-7-8-17-35(34)40;/h2-22,25H,1H3;/q-1;. The van der Waals surface area contributed by atoms with Crippen LogP contribution in [0.25, 0.3) is 50.0 Å². The number of hydrogen-bond donors (Lipinski definition) is 0. The summed E-state index contributed by atoms with van der Waals surface area (Å²) in [5.41, 5.74) is 7.72. The summed E-state index contributed by atoms with van der Waals surface area (Å²) in [6, 6.07) is 49.6. The maximum Gasteiger partial charge on any atom is 0.168 e. The van der Waals surface area contributed by atoms with E-state index in [1.54, 1.807) is 11.8 Å². The van der Waals surface area contributed by atoms with Crippen molar-refractivity contribution in [1.82, 2.24) is 18.7 Å². The maximum atomic E-state index is 4.72. The molecular formula is C37H25N4PtS-. The Kier molecular flexibility index (Phi) is 7.22. The molecule has 0 saturated carbocycles. The number of aromatic nitrogens is 4. The number of aryl methyl sites for hydroxylation is 1. The van der Waals surface area contributed by atoms with Crippen LogP contribution in [-0.2, 0) is 21.1 Å². The summed E-state index contributed by atoms with van der Waals surface area (Å²) in [5.74, 6) is 0.902. The first kappa shape index (κ1) is 27.4. The predicted octanol–water partition coefficient (Wildman–Crippen LogP) is 9.25. The Labute approximate surface area is 268 Å². The normalized spacial score (nSPS) is 11.3. The van der Waals surface area contributed by atoms with Crippen LogP contribution in [0, 0.1) is 19.1 Å². The average molecular weight is 753 g/mol. The van der Waals surface area contributed by atoms with Crippen LogP contribution in [0.5, 0.6) is 0 Å². The number of benzene rings is 5. The van der Waals surface area contributed by atoms with Gasteiger partial charge in [0, 0.05) is 50.6 Å². The van der Waals surface area contributed by atoms with Gasteiger partial charge in [-0.1, -0.05) is 58.9 Å². The van der Waals surface area contributed by atoms with Gasteiger partial charge in [-0.25, -0.2) is 9.55 Å². The average Bonchev–Trinajstić information content (AvgIpc) is 3.58. The molecule has 0 aliphatic rings. The van der Waals surface area contributed by atoms with Crippen molar-refractivity contribution < 1.29 is 21.1 Å². The van der Waals surface area contributed by atoms with Gasteiger partial charge in [0.1, 0.15) is 11.5 Å². The van der Waals surface area contributed by atoms with E-state index in [4.69, 9.17) is 4.98 Å². The molecular weight excluding hydrogens is 728 g/mol. The first-order valence-electron chi connectivity index (χ1n) is 13.9. The Hall–Kier alpha value is -4.44. The summed E-state index contributed by atoms with van der Waals surface area (Å²) < 4.78 is 6.65. The number of imidazole rings is 1. The molecule has 0 amide bonds. The van der Waals surface area contributed by atoms with E-state index in [-0.39, 0.29) is 21.1 Å². The molecule has 0 aliphatic carbocycles. The van der Waals surface area contributed by atoms with E-state index in [9.17, 15) is 0 Å². The molecule has 5 aromatic carbocycles. The molecule has 4 nitrogen and oxygen atoms in total. The zero-order valence-corrected chi connectivity index (χ0v) is 26.3. The van der Waals surface area contributed by atoms with E-state index >= 15 is 0 Å². The fourth-order valence-electron chi connectivity index (χ4n) is 5.67. The molecule has 8 rings (SSSR count). The third kappa shape index (κ3) is 4.89. The summed E-state index contributed by atoms with van der Waals surface area (Å²) >= 11 is 1.67. The molecule has 6 heteroatoms. The first-order valence-corrected chi connectivity index (χ1v) is 14.7. The Morgan fingerprint density at radius 1 is 0.651 bits per heavy atom.